The summed E-state index contributed by atoms with van der Waals surface area (Å²) in [7, 11) is 2.11. The lowest BCUT2D eigenvalue weighted by Crippen LogP contribution is -2.43. The third kappa shape index (κ3) is 5.36. The largest absolute Gasteiger partial charge is 0.397 e. The van der Waals surface area contributed by atoms with Gasteiger partial charge in [-0.05, 0) is 50.0 Å². The number of hydrogen-bond acceptors (Lipinski definition) is 5. The fraction of sp³-hybridized carbons (Fsp3) is 0.250. The van der Waals surface area contributed by atoms with E-state index >= 15 is 0 Å². The van der Waals surface area contributed by atoms with Crippen molar-refractivity contribution in [3.63, 3.8) is 0 Å². The van der Waals surface area contributed by atoms with Gasteiger partial charge in [0, 0.05) is 31.8 Å². The molecule has 0 aliphatic carbocycles. The highest BCUT2D eigenvalue weighted by Gasteiger charge is 2.15. The summed E-state index contributed by atoms with van der Waals surface area (Å²) in [5.74, 6) is 0.575. The highest BCUT2D eigenvalue weighted by Crippen LogP contribution is 2.27. The molecule has 0 atom stereocenters. The maximum atomic E-state index is 12.7. The van der Waals surface area contributed by atoms with Crippen LogP contribution in [0, 0.1) is 0 Å². The number of nitrogen functional groups attached to an aromatic ring is 1. The second-order valence-corrected chi connectivity index (χ2v) is 7.45. The predicted octanol–water partition coefficient (Wildman–Crippen LogP) is 3.61. The van der Waals surface area contributed by atoms with Crippen LogP contribution in [0.15, 0.2) is 77.1 Å². The van der Waals surface area contributed by atoms with Crippen LogP contribution in [0.4, 0.5) is 11.4 Å². The molecule has 0 bridgehead atoms. The summed E-state index contributed by atoms with van der Waals surface area (Å²) in [6.07, 6.45) is 3.62. The average molecular weight is 404 g/mol. The molecule has 6 heteroatoms. The number of anilines is 2. The summed E-state index contributed by atoms with van der Waals surface area (Å²) >= 11 is 0. The summed E-state index contributed by atoms with van der Waals surface area (Å²) in [5.41, 5.74) is 9.84. The lowest BCUT2D eigenvalue weighted by molar-refractivity contribution is -0.112. The van der Waals surface area contributed by atoms with Crippen LogP contribution in [0.1, 0.15) is 6.92 Å². The Bertz CT molecular complexity index is 957. The van der Waals surface area contributed by atoms with Gasteiger partial charge in [0.25, 0.3) is 5.91 Å². The number of benzene rings is 2. The summed E-state index contributed by atoms with van der Waals surface area (Å²) in [6.45, 7) is 9.19. The van der Waals surface area contributed by atoms with Crippen molar-refractivity contribution >= 4 is 24.0 Å². The van der Waals surface area contributed by atoms with E-state index in [-0.39, 0.29) is 5.91 Å². The van der Waals surface area contributed by atoms with Gasteiger partial charge in [-0.25, -0.2) is 4.99 Å². The van der Waals surface area contributed by atoms with Crippen molar-refractivity contribution in [1.82, 2.24) is 9.80 Å². The van der Waals surface area contributed by atoms with Crippen molar-refractivity contribution < 1.29 is 4.79 Å². The van der Waals surface area contributed by atoms with Crippen molar-refractivity contribution in [3.8, 4) is 11.1 Å². The van der Waals surface area contributed by atoms with Gasteiger partial charge in [0.2, 0.25) is 0 Å². The molecule has 156 valence electrons. The molecule has 1 saturated heterocycles. The number of nitrogens with two attached hydrogens (primary N) is 1. The Morgan fingerprint density at radius 1 is 1.07 bits per heavy atom. The molecule has 0 spiro atoms. The number of piperazine rings is 1. The zero-order valence-corrected chi connectivity index (χ0v) is 17.6. The van der Waals surface area contributed by atoms with Gasteiger partial charge in [0.15, 0.2) is 0 Å². The Morgan fingerprint density at radius 2 is 1.77 bits per heavy atom. The Morgan fingerprint density at radius 3 is 2.43 bits per heavy atom. The van der Waals surface area contributed by atoms with E-state index in [1.807, 2.05) is 54.6 Å². The molecule has 1 aliphatic heterocycles. The number of nitrogens with zero attached hydrogens (tertiary/aromatic N) is 3. The quantitative estimate of drug-likeness (QED) is 0.334. The molecular weight excluding hydrogens is 374 g/mol. The van der Waals surface area contributed by atoms with Gasteiger partial charge in [-0.1, -0.05) is 42.5 Å². The Hall–Kier alpha value is -3.38. The zero-order valence-electron chi connectivity index (χ0n) is 17.6. The number of nitrogens with one attached hydrogen (secondary N) is 1. The van der Waals surface area contributed by atoms with Crippen molar-refractivity contribution in [1.29, 1.82) is 0 Å². The van der Waals surface area contributed by atoms with E-state index in [0.29, 0.717) is 16.9 Å². The van der Waals surface area contributed by atoms with E-state index in [9.17, 15) is 4.79 Å². The number of carbonyl (C=O) groups is 1. The molecule has 1 heterocycles. The maximum absolute atomic E-state index is 12.7. The third-order valence-corrected chi connectivity index (χ3v) is 5.24. The number of rotatable bonds is 6. The summed E-state index contributed by atoms with van der Waals surface area (Å²) in [6, 6.07) is 15.6. The van der Waals surface area contributed by atoms with E-state index < -0.39 is 0 Å². The van der Waals surface area contributed by atoms with Crippen LogP contribution in [-0.4, -0.2) is 55.7 Å². The average Bonchev–Trinajstić information content (AvgIpc) is 2.77. The van der Waals surface area contributed by atoms with Gasteiger partial charge in [0.05, 0.1) is 11.4 Å². The Labute approximate surface area is 178 Å². The van der Waals surface area contributed by atoms with Crippen LogP contribution in [0.2, 0.25) is 0 Å². The minimum atomic E-state index is -0.204. The molecule has 2 aromatic rings. The topological polar surface area (TPSA) is 74.0 Å². The van der Waals surface area contributed by atoms with E-state index in [0.717, 1.165) is 43.1 Å². The van der Waals surface area contributed by atoms with Crippen LogP contribution in [0.25, 0.3) is 11.1 Å². The fourth-order valence-corrected chi connectivity index (χ4v) is 3.26. The molecule has 30 heavy (non-hydrogen) atoms. The monoisotopic (exact) mass is 403 g/mol. The molecular formula is C24H29N5O. The van der Waals surface area contributed by atoms with Crippen molar-refractivity contribution in [2.75, 3.05) is 44.3 Å². The first-order chi connectivity index (χ1) is 14.5. The molecule has 1 aliphatic rings. The zero-order chi connectivity index (χ0) is 21.5. The highest BCUT2D eigenvalue weighted by atomic mass is 16.1. The van der Waals surface area contributed by atoms with Crippen LogP contribution >= 0.6 is 0 Å². The fourth-order valence-electron chi connectivity index (χ4n) is 3.26. The van der Waals surface area contributed by atoms with Gasteiger partial charge in [-0.2, -0.15) is 0 Å². The predicted molar refractivity (Wildman–Crippen MR) is 125 cm³/mol. The first kappa shape index (κ1) is 21.3. The molecule has 0 saturated carbocycles. The van der Waals surface area contributed by atoms with E-state index in [1.165, 1.54) is 0 Å². The number of amides is 1. The first-order valence-corrected chi connectivity index (χ1v) is 10.0. The molecule has 6 nitrogen and oxygen atoms in total. The summed E-state index contributed by atoms with van der Waals surface area (Å²) in [5, 5.41) is 2.92. The number of aliphatic imine (C=N–C) groups is 1. The second-order valence-electron chi connectivity index (χ2n) is 7.45. The van der Waals surface area contributed by atoms with Crippen LogP contribution < -0.4 is 11.1 Å². The minimum absolute atomic E-state index is 0.204. The summed E-state index contributed by atoms with van der Waals surface area (Å²) < 4.78 is 0. The van der Waals surface area contributed by atoms with Crippen molar-refractivity contribution in [2.24, 2.45) is 4.99 Å². The molecule has 0 aromatic heterocycles. The smallest absolute Gasteiger partial charge is 0.251 e. The molecule has 0 radical (unpaired) electrons. The van der Waals surface area contributed by atoms with E-state index in [4.69, 9.17) is 5.73 Å². The Kier molecular flexibility index (Phi) is 7.03. The molecule has 1 fully saturated rings. The van der Waals surface area contributed by atoms with Crippen molar-refractivity contribution in [2.45, 2.75) is 6.92 Å². The van der Waals surface area contributed by atoms with Gasteiger partial charge < -0.3 is 20.9 Å². The van der Waals surface area contributed by atoms with Gasteiger partial charge in [-0.15, -0.1) is 0 Å². The van der Waals surface area contributed by atoms with E-state index in [2.05, 4.69) is 33.9 Å². The second kappa shape index (κ2) is 9.89. The number of likely N-dealkylation sites (N-methyl/N-ethyl adjacent to an activating group) is 1. The van der Waals surface area contributed by atoms with Gasteiger partial charge in [0.1, 0.15) is 5.82 Å². The van der Waals surface area contributed by atoms with E-state index in [1.54, 1.807) is 13.0 Å². The molecule has 3 rings (SSSR count). The SMILES string of the molecule is C=N/C(=C\C=C(/C)C(=O)Nc1cc(-c2ccccc2)ccc1N)N1CCN(C)CC1. The van der Waals surface area contributed by atoms with Crippen molar-refractivity contribution in [3.05, 3.63) is 72.1 Å². The highest BCUT2D eigenvalue weighted by molar-refractivity contribution is 6.05. The van der Waals surface area contributed by atoms with Crippen LogP contribution in [0.3, 0.4) is 0 Å². The standard InChI is InChI=1S/C24H29N5O/c1-18(9-12-23(26-2)29-15-13-28(3)14-16-29)24(30)27-22-17-20(10-11-21(22)25)19-7-5-4-6-8-19/h4-12,17H,2,13-16,25H2,1,3H3,(H,27,30)/b18-9+,23-12+. The number of allylic oxidation sites excluding steroid dienone is 2. The van der Waals surface area contributed by atoms with Gasteiger partial charge >= 0.3 is 0 Å². The molecule has 1 amide bonds. The van der Waals surface area contributed by atoms with Crippen LogP contribution in [-0.2, 0) is 4.79 Å². The Balaban J connectivity index is 1.72. The first-order valence-electron chi connectivity index (χ1n) is 10.0. The molecule has 0 unspecified atom stereocenters. The van der Waals surface area contributed by atoms with Gasteiger partial charge in [-0.3, -0.25) is 4.79 Å². The summed E-state index contributed by atoms with van der Waals surface area (Å²) in [4.78, 5) is 21.3. The number of carbonyl (C=O) groups excluding carboxylic acids is 1. The molecule has 3 N–H and O–H groups in total. The lowest BCUT2D eigenvalue weighted by Gasteiger charge is -2.33. The third-order valence-electron chi connectivity index (χ3n) is 5.24. The molecule has 2 aromatic carbocycles. The van der Waals surface area contributed by atoms with Crippen LogP contribution in [0.5, 0.6) is 0 Å². The number of hydrogen-bond donors (Lipinski definition) is 2. The maximum Gasteiger partial charge on any atom is 0.251 e. The minimum Gasteiger partial charge on any atom is -0.397 e. The lowest BCUT2D eigenvalue weighted by atomic mass is 10.0. The normalized spacial score (nSPS) is 15.7.